The molecule has 7 aromatic rings. The number of carbonyl (C=O) groups excluding carboxylic acids is 3. The van der Waals surface area contributed by atoms with Gasteiger partial charge in [-0.2, -0.15) is 0 Å². The van der Waals surface area contributed by atoms with Gasteiger partial charge in [0.15, 0.2) is 0 Å². The maximum absolute atomic E-state index is 14.2. The number of amides is 2. The van der Waals surface area contributed by atoms with Crippen molar-refractivity contribution in [2.45, 2.75) is 30.3 Å². The van der Waals surface area contributed by atoms with Gasteiger partial charge in [0.05, 0.1) is 0 Å². The minimum Gasteiger partial charge on any atom is -0.449 e. The molecule has 1 aromatic heterocycles. The number of rotatable bonds is 12. The zero-order valence-corrected chi connectivity index (χ0v) is 29.7. The van der Waals surface area contributed by atoms with Crippen molar-refractivity contribution in [3.05, 3.63) is 192 Å². The van der Waals surface area contributed by atoms with E-state index in [1.807, 2.05) is 127 Å². The fourth-order valence-electron chi connectivity index (χ4n) is 7.42. The number of benzene rings is 6. The Balaban J connectivity index is 1.04. The van der Waals surface area contributed by atoms with Gasteiger partial charge >= 0.3 is 12.1 Å². The van der Waals surface area contributed by atoms with Gasteiger partial charge < -0.3 is 20.2 Å². The van der Waals surface area contributed by atoms with Crippen molar-refractivity contribution in [1.82, 2.24) is 25.8 Å². The molecule has 1 aliphatic carbocycles. The maximum Gasteiger partial charge on any atom is 0.407 e. The first-order chi connectivity index (χ1) is 27.0. The number of carbonyl (C=O) groups is 3. The van der Waals surface area contributed by atoms with Crippen molar-refractivity contribution in [3.8, 4) is 11.1 Å². The van der Waals surface area contributed by atoms with Crippen LogP contribution < -0.4 is 15.5 Å². The monoisotopic (exact) mass is 727 g/mol. The van der Waals surface area contributed by atoms with Crippen LogP contribution in [0.1, 0.15) is 46.6 Å². The average Bonchev–Trinajstić information content (AvgIpc) is 3.80. The Hall–Kier alpha value is -7.07. The van der Waals surface area contributed by atoms with Crippen LogP contribution >= 0.6 is 0 Å². The van der Waals surface area contributed by atoms with E-state index in [-0.39, 0.29) is 31.3 Å². The molecule has 6 aromatic carbocycles. The molecule has 272 valence electrons. The highest BCUT2D eigenvalue weighted by Crippen LogP contribution is 2.44. The number of nitrogens with zero attached hydrogens (tertiary/aromatic N) is 3. The standard InChI is InChI=1S/C45H37N5O5/c51-42(47-45(31-16-4-1-5-17-31,32-18-6-2-7-19-32)33-20-8-3-9-21-33)29-28-40(43(52)55-50-41-27-15-14-26-39(41)48-49-50)46-44(53)54-30-38-36-24-12-10-22-34(36)35-23-11-13-25-37(35)38/h1-27,38,40H,28-30H2,(H,46,53)(H,47,51)/t40-/m0/s1. The second kappa shape index (κ2) is 15.5. The third-order valence-corrected chi connectivity index (χ3v) is 10.0. The second-order valence-electron chi connectivity index (χ2n) is 13.3. The highest BCUT2D eigenvalue weighted by atomic mass is 16.7. The molecule has 10 nitrogen and oxygen atoms in total. The predicted molar refractivity (Wildman–Crippen MR) is 208 cm³/mol. The van der Waals surface area contributed by atoms with Gasteiger partial charge in [0.2, 0.25) is 5.91 Å². The van der Waals surface area contributed by atoms with Crippen LogP contribution in [-0.4, -0.2) is 45.8 Å². The summed E-state index contributed by atoms with van der Waals surface area (Å²) in [6.45, 7) is 0.0452. The molecule has 0 aliphatic heterocycles. The minimum atomic E-state index is -1.27. The number of hydrogen-bond acceptors (Lipinski definition) is 7. The SMILES string of the molecule is O=C(CC[C@H](NC(=O)OCC1c2ccccc2-c2ccccc21)C(=O)On1nnc2ccccc21)NC(c1ccccc1)(c1ccccc1)c1ccccc1. The molecule has 0 bridgehead atoms. The van der Waals surface area contributed by atoms with Gasteiger partial charge in [0.1, 0.15) is 29.2 Å². The van der Waals surface area contributed by atoms with Gasteiger partial charge in [-0.25, -0.2) is 9.59 Å². The molecule has 1 aliphatic rings. The normalized spacial score (nSPS) is 12.7. The Morgan fingerprint density at radius 2 is 1.16 bits per heavy atom. The van der Waals surface area contributed by atoms with E-state index in [9.17, 15) is 14.4 Å². The first-order valence-corrected chi connectivity index (χ1v) is 18.1. The summed E-state index contributed by atoms with van der Waals surface area (Å²) in [5.41, 5.74) is 6.79. The van der Waals surface area contributed by atoms with Gasteiger partial charge in [0.25, 0.3) is 0 Å². The molecular weight excluding hydrogens is 691 g/mol. The molecule has 0 saturated carbocycles. The van der Waals surface area contributed by atoms with Crippen LogP contribution in [0.15, 0.2) is 164 Å². The van der Waals surface area contributed by atoms with Crippen LogP contribution in [0, 0.1) is 0 Å². The summed E-state index contributed by atoms with van der Waals surface area (Å²) >= 11 is 0. The lowest BCUT2D eigenvalue weighted by atomic mass is 9.77. The van der Waals surface area contributed by atoms with Gasteiger partial charge in [-0.3, -0.25) is 4.79 Å². The number of hydrogen-bond donors (Lipinski definition) is 2. The van der Waals surface area contributed by atoms with Crippen molar-refractivity contribution >= 4 is 29.0 Å². The zero-order valence-electron chi connectivity index (χ0n) is 29.7. The maximum atomic E-state index is 14.2. The van der Waals surface area contributed by atoms with E-state index in [0.717, 1.165) is 43.8 Å². The van der Waals surface area contributed by atoms with Crippen LogP contribution in [0.25, 0.3) is 22.2 Å². The van der Waals surface area contributed by atoms with Crippen molar-refractivity contribution in [2.24, 2.45) is 0 Å². The average molecular weight is 728 g/mol. The lowest BCUT2D eigenvalue weighted by molar-refractivity contribution is -0.148. The summed E-state index contributed by atoms with van der Waals surface area (Å²) in [6.07, 6.45) is -1.06. The second-order valence-corrected chi connectivity index (χ2v) is 13.3. The third-order valence-electron chi connectivity index (χ3n) is 10.0. The van der Waals surface area contributed by atoms with Gasteiger partial charge in [-0.15, -0.1) is 5.10 Å². The topological polar surface area (TPSA) is 124 Å². The Morgan fingerprint density at radius 3 is 1.75 bits per heavy atom. The number of nitrogens with one attached hydrogen (secondary N) is 2. The van der Waals surface area contributed by atoms with Crippen LogP contribution in [0.5, 0.6) is 0 Å². The summed E-state index contributed by atoms with van der Waals surface area (Å²) in [5.74, 6) is -1.37. The highest BCUT2D eigenvalue weighted by Gasteiger charge is 2.38. The minimum absolute atomic E-state index is 0.0452. The first kappa shape index (κ1) is 35.0. The Labute approximate surface area is 317 Å². The van der Waals surface area contributed by atoms with Crippen LogP contribution in [-0.2, 0) is 19.9 Å². The number of ether oxygens (including phenoxy) is 1. The Kier molecular flexibility index (Phi) is 9.86. The van der Waals surface area contributed by atoms with E-state index in [1.165, 1.54) is 0 Å². The summed E-state index contributed by atoms with van der Waals surface area (Å²) in [6, 6.07) is 51.0. The van der Waals surface area contributed by atoms with Crippen molar-refractivity contribution < 1.29 is 24.0 Å². The van der Waals surface area contributed by atoms with E-state index >= 15 is 0 Å². The van der Waals surface area contributed by atoms with Crippen molar-refractivity contribution in [3.63, 3.8) is 0 Å². The van der Waals surface area contributed by atoms with Crippen LogP contribution in [0.2, 0.25) is 0 Å². The molecule has 2 N–H and O–H groups in total. The number of fused-ring (bicyclic) bond motifs is 4. The van der Waals surface area contributed by atoms with E-state index in [0.29, 0.717) is 11.0 Å². The molecule has 1 atom stereocenters. The molecule has 0 fully saturated rings. The molecule has 1 heterocycles. The lowest BCUT2D eigenvalue weighted by Gasteiger charge is -2.37. The Morgan fingerprint density at radius 1 is 0.655 bits per heavy atom. The largest absolute Gasteiger partial charge is 0.449 e. The molecule has 8 rings (SSSR count). The van der Waals surface area contributed by atoms with Crippen molar-refractivity contribution in [2.75, 3.05) is 6.61 Å². The van der Waals surface area contributed by atoms with Crippen LogP contribution in [0.3, 0.4) is 0 Å². The first-order valence-electron chi connectivity index (χ1n) is 18.1. The predicted octanol–water partition coefficient (Wildman–Crippen LogP) is 7.18. The quantitative estimate of drug-likeness (QED) is 0.101. The molecular formula is C45H37N5O5. The summed E-state index contributed by atoms with van der Waals surface area (Å²) < 4.78 is 5.79. The van der Waals surface area contributed by atoms with E-state index < -0.39 is 23.6 Å². The van der Waals surface area contributed by atoms with Gasteiger partial charge in [0, 0.05) is 12.3 Å². The summed E-state index contributed by atoms with van der Waals surface area (Å²) in [4.78, 5) is 48.2. The van der Waals surface area contributed by atoms with Crippen molar-refractivity contribution in [1.29, 1.82) is 0 Å². The number of para-hydroxylation sites is 1. The molecule has 0 radical (unpaired) electrons. The third kappa shape index (κ3) is 7.05. The van der Waals surface area contributed by atoms with Gasteiger partial charge in [-0.1, -0.05) is 157 Å². The summed E-state index contributed by atoms with van der Waals surface area (Å²) in [7, 11) is 0. The highest BCUT2D eigenvalue weighted by molar-refractivity contribution is 5.85. The van der Waals surface area contributed by atoms with E-state index in [2.05, 4.69) is 33.1 Å². The molecule has 10 heteroatoms. The zero-order chi connectivity index (χ0) is 37.6. The molecule has 55 heavy (non-hydrogen) atoms. The molecule has 0 unspecified atom stereocenters. The smallest absolute Gasteiger partial charge is 0.407 e. The fourth-order valence-corrected chi connectivity index (χ4v) is 7.42. The van der Waals surface area contributed by atoms with E-state index in [1.54, 1.807) is 24.3 Å². The number of alkyl carbamates (subject to hydrolysis) is 1. The Bertz CT molecular complexity index is 2310. The molecule has 0 saturated heterocycles. The molecule has 0 spiro atoms. The summed E-state index contributed by atoms with van der Waals surface area (Å²) in [5, 5.41) is 14.0. The molecule has 2 amide bonds. The lowest BCUT2D eigenvalue weighted by Crippen LogP contribution is -2.49. The van der Waals surface area contributed by atoms with Gasteiger partial charge in [-0.05, 0) is 62.7 Å². The van der Waals surface area contributed by atoms with E-state index in [4.69, 9.17) is 9.57 Å². The fraction of sp³-hybridized carbons (Fsp3) is 0.133. The number of aromatic nitrogens is 3. The van der Waals surface area contributed by atoms with Crippen LogP contribution in [0.4, 0.5) is 4.79 Å².